The van der Waals surface area contributed by atoms with Gasteiger partial charge in [-0.3, -0.25) is 4.79 Å². The number of nitrogens with one attached hydrogen (secondary N) is 1. The maximum atomic E-state index is 13.4. The van der Waals surface area contributed by atoms with Crippen molar-refractivity contribution in [3.63, 3.8) is 0 Å². The van der Waals surface area contributed by atoms with E-state index in [-0.39, 0.29) is 22.0 Å². The summed E-state index contributed by atoms with van der Waals surface area (Å²) in [6.07, 6.45) is 0. The van der Waals surface area contributed by atoms with Crippen LogP contribution in [0.3, 0.4) is 0 Å². The third-order valence-electron chi connectivity index (χ3n) is 2.39. The van der Waals surface area contributed by atoms with Crippen molar-refractivity contribution in [1.29, 1.82) is 0 Å². The van der Waals surface area contributed by atoms with Crippen LogP contribution in [0, 0.1) is 5.82 Å². The monoisotopic (exact) mass is 299 g/mol. The number of carbonyl (C=O) groups is 1. The molecule has 0 aliphatic heterocycles. The van der Waals surface area contributed by atoms with Crippen LogP contribution in [0.2, 0.25) is 10.0 Å². The molecule has 0 radical (unpaired) electrons. The fraction of sp³-hybridized carbons (Fsp3) is 0. The van der Waals surface area contributed by atoms with E-state index in [1.165, 1.54) is 30.3 Å². The van der Waals surface area contributed by atoms with E-state index in [1.54, 1.807) is 0 Å². The lowest BCUT2D eigenvalue weighted by molar-refractivity contribution is 0.102. The van der Waals surface area contributed by atoms with Gasteiger partial charge in [0, 0.05) is 10.6 Å². The Labute approximate surface area is 118 Å². The molecule has 0 spiro atoms. The van der Waals surface area contributed by atoms with Crippen LogP contribution in [0.15, 0.2) is 36.4 Å². The van der Waals surface area contributed by atoms with Crippen molar-refractivity contribution in [2.24, 2.45) is 0 Å². The molecule has 0 unspecified atom stereocenters. The van der Waals surface area contributed by atoms with Crippen LogP contribution in [-0.2, 0) is 0 Å². The molecule has 1 amide bonds. The molecule has 0 aliphatic carbocycles. The number of carbonyl (C=O) groups excluding carboxylic acids is 1. The Hall–Kier alpha value is -1.78. The highest BCUT2D eigenvalue weighted by Crippen LogP contribution is 2.25. The second kappa shape index (κ2) is 5.47. The summed E-state index contributed by atoms with van der Waals surface area (Å²) in [5.74, 6) is -1.28. The second-order valence-corrected chi connectivity index (χ2v) is 4.59. The first-order chi connectivity index (χ1) is 8.97. The fourth-order valence-electron chi connectivity index (χ4n) is 1.44. The van der Waals surface area contributed by atoms with E-state index in [1.807, 2.05) is 0 Å². The van der Waals surface area contributed by atoms with E-state index in [0.717, 1.165) is 6.07 Å². The number of rotatable bonds is 2. The third-order valence-corrected chi connectivity index (χ3v) is 2.92. The van der Waals surface area contributed by atoms with Crippen molar-refractivity contribution in [2.45, 2.75) is 0 Å². The normalized spacial score (nSPS) is 10.3. The molecule has 2 N–H and O–H groups in total. The molecule has 0 saturated heterocycles. The predicted octanol–water partition coefficient (Wildman–Crippen LogP) is 4.09. The Balaban J connectivity index is 2.25. The van der Waals surface area contributed by atoms with E-state index in [2.05, 4.69) is 5.32 Å². The minimum atomic E-state index is -0.595. The van der Waals surface area contributed by atoms with Gasteiger partial charge in [-0.05, 0) is 36.4 Å². The highest BCUT2D eigenvalue weighted by molar-refractivity contribution is 6.32. The Kier molecular flexibility index (Phi) is 3.93. The van der Waals surface area contributed by atoms with Gasteiger partial charge in [0.15, 0.2) is 0 Å². The molecule has 0 saturated carbocycles. The summed E-state index contributed by atoms with van der Waals surface area (Å²) >= 11 is 11.4. The first-order valence-corrected chi connectivity index (χ1v) is 5.98. The first-order valence-electron chi connectivity index (χ1n) is 5.22. The molecule has 2 rings (SSSR count). The minimum Gasteiger partial charge on any atom is -0.506 e. The van der Waals surface area contributed by atoms with Crippen LogP contribution in [0.4, 0.5) is 10.1 Å². The highest BCUT2D eigenvalue weighted by atomic mass is 35.5. The van der Waals surface area contributed by atoms with Gasteiger partial charge in [0.1, 0.15) is 11.6 Å². The van der Waals surface area contributed by atoms with Crippen molar-refractivity contribution in [3.8, 4) is 5.75 Å². The summed E-state index contributed by atoms with van der Waals surface area (Å²) < 4.78 is 13.4. The van der Waals surface area contributed by atoms with Crippen LogP contribution in [0.5, 0.6) is 5.75 Å². The first kappa shape index (κ1) is 13.6. The van der Waals surface area contributed by atoms with Gasteiger partial charge in [0.2, 0.25) is 0 Å². The van der Waals surface area contributed by atoms with E-state index < -0.39 is 11.7 Å². The number of anilines is 1. The summed E-state index contributed by atoms with van der Waals surface area (Å²) in [5, 5.41) is 12.0. The lowest BCUT2D eigenvalue weighted by Gasteiger charge is -2.07. The number of phenolic OH excluding ortho intramolecular Hbond substituents is 1. The zero-order valence-electron chi connectivity index (χ0n) is 9.45. The highest BCUT2D eigenvalue weighted by Gasteiger charge is 2.11. The van der Waals surface area contributed by atoms with Crippen LogP contribution in [0.25, 0.3) is 0 Å². The minimum absolute atomic E-state index is 0.0262. The van der Waals surface area contributed by atoms with E-state index in [4.69, 9.17) is 23.2 Å². The SMILES string of the molecule is O=C(Nc1cc(Cl)ccc1F)c1ccc(O)c(Cl)c1. The summed E-state index contributed by atoms with van der Waals surface area (Å²) in [4.78, 5) is 11.9. The van der Waals surface area contributed by atoms with Crippen molar-refractivity contribution in [1.82, 2.24) is 0 Å². The van der Waals surface area contributed by atoms with Gasteiger partial charge in [-0.1, -0.05) is 23.2 Å². The Morgan fingerprint density at radius 3 is 2.58 bits per heavy atom. The number of amides is 1. The van der Waals surface area contributed by atoms with Crippen LogP contribution >= 0.6 is 23.2 Å². The van der Waals surface area contributed by atoms with Crippen LogP contribution in [-0.4, -0.2) is 11.0 Å². The molecule has 2 aromatic rings. The molecule has 0 aliphatic rings. The second-order valence-electron chi connectivity index (χ2n) is 3.74. The van der Waals surface area contributed by atoms with Crippen molar-refractivity contribution in [2.75, 3.05) is 5.32 Å². The number of hydrogen-bond donors (Lipinski definition) is 2. The predicted molar refractivity (Wildman–Crippen MR) is 72.5 cm³/mol. The van der Waals surface area contributed by atoms with Gasteiger partial charge in [-0.2, -0.15) is 0 Å². The van der Waals surface area contributed by atoms with E-state index in [0.29, 0.717) is 5.02 Å². The molecular formula is C13H8Cl2FNO2. The topological polar surface area (TPSA) is 49.3 Å². The molecular weight excluding hydrogens is 292 g/mol. The van der Waals surface area contributed by atoms with Crippen LogP contribution in [0.1, 0.15) is 10.4 Å². The summed E-state index contributed by atoms with van der Waals surface area (Å²) in [6.45, 7) is 0. The van der Waals surface area contributed by atoms with Gasteiger partial charge < -0.3 is 10.4 Å². The summed E-state index contributed by atoms with van der Waals surface area (Å²) in [7, 11) is 0. The summed E-state index contributed by atoms with van der Waals surface area (Å²) in [6, 6.07) is 7.78. The Morgan fingerprint density at radius 1 is 1.16 bits per heavy atom. The molecule has 0 aromatic heterocycles. The van der Waals surface area contributed by atoms with Gasteiger partial charge >= 0.3 is 0 Å². The molecule has 0 fully saturated rings. The Morgan fingerprint density at radius 2 is 1.89 bits per heavy atom. The number of phenols is 1. The summed E-state index contributed by atoms with van der Waals surface area (Å²) in [5.41, 5.74) is 0.170. The van der Waals surface area contributed by atoms with E-state index >= 15 is 0 Å². The van der Waals surface area contributed by atoms with Gasteiger partial charge in [-0.15, -0.1) is 0 Å². The standard InChI is InChI=1S/C13H8Cl2FNO2/c14-8-2-3-10(16)11(6-8)17-13(19)7-1-4-12(18)9(15)5-7/h1-6,18H,(H,17,19). The largest absolute Gasteiger partial charge is 0.506 e. The maximum absolute atomic E-state index is 13.4. The molecule has 6 heteroatoms. The van der Waals surface area contributed by atoms with Crippen molar-refractivity contribution < 1.29 is 14.3 Å². The molecule has 2 aromatic carbocycles. The van der Waals surface area contributed by atoms with E-state index in [9.17, 15) is 14.3 Å². The quantitative estimate of drug-likeness (QED) is 0.877. The number of hydrogen-bond acceptors (Lipinski definition) is 2. The molecule has 0 bridgehead atoms. The number of aromatic hydroxyl groups is 1. The zero-order valence-corrected chi connectivity index (χ0v) is 11.0. The zero-order chi connectivity index (χ0) is 14.0. The smallest absolute Gasteiger partial charge is 0.255 e. The molecule has 98 valence electrons. The fourth-order valence-corrected chi connectivity index (χ4v) is 1.79. The average Bonchev–Trinajstić information content (AvgIpc) is 2.37. The number of benzene rings is 2. The van der Waals surface area contributed by atoms with Gasteiger partial charge in [0.25, 0.3) is 5.91 Å². The van der Waals surface area contributed by atoms with Crippen molar-refractivity contribution >= 4 is 34.8 Å². The third kappa shape index (κ3) is 3.16. The molecule has 0 heterocycles. The molecule has 3 nitrogen and oxygen atoms in total. The Bertz CT molecular complexity index is 647. The lowest BCUT2D eigenvalue weighted by Crippen LogP contribution is -2.12. The van der Waals surface area contributed by atoms with Crippen molar-refractivity contribution in [3.05, 3.63) is 57.8 Å². The van der Waals surface area contributed by atoms with Crippen LogP contribution < -0.4 is 5.32 Å². The lowest BCUT2D eigenvalue weighted by atomic mass is 10.2. The van der Waals surface area contributed by atoms with Gasteiger partial charge in [0.05, 0.1) is 10.7 Å². The average molecular weight is 300 g/mol. The molecule has 0 atom stereocenters. The van der Waals surface area contributed by atoms with Gasteiger partial charge in [-0.25, -0.2) is 4.39 Å². The number of halogens is 3. The maximum Gasteiger partial charge on any atom is 0.255 e. The molecule has 19 heavy (non-hydrogen) atoms.